The molecule has 0 saturated carbocycles. The molecule has 1 unspecified atom stereocenters. The summed E-state index contributed by atoms with van der Waals surface area (Å²) < 4.78 is 10.9. The number of hydrogen-bond acceptors (Lipinski definition) is 6. The Balaban J connectivity index is 1.64. The van der Waals surface area contributed by atoms with Crippen LogP contribution in [-0.4, -0.2) is 54.4 Å². The summed E-state index contributed by atoms with van der Waals surface area (Å²) in [5.41, 5.74) is 7.00. The zero-order valence-electron chi connectivity index (χ0n) is 23.5. The first-order chi connectivity index (χ1) is 19.4. The van der Waals surface area contributed by atoms with E-state index in [-0.39, 0.29) is 25.7 Å². The van der Waals surface area contributed by atoms with Crippen LogP contribution in [0.4, 0.5) is 0 Å². The summed E-state index contributed by atoms with van der Waals surface area (Å²) in [7, 11) is 0. The third-order valence-electron chi connectivity index (χ3n) is 7.71. The molecule has 0 saturated heterocycles. The van der Waals surface area contributed by atoms with Gasteiger partial charge in [-0.1, -0.05) is 68.5 Å². The average molecular weight is 548 g/mol. The first-order valence-corrected chi connectivity index (χ1v) is 14.2. The van der Waals surface area contributed by atoms with Crippen molar-refractivity contribution in [3.63, 3.8) is 0 Å². The highest BCUT2D eigenvalue weighted by molar-refractivity contribution is 5.95. The molecular weight excluding hydrogens is 506 g/mol. The van der Waals surface area contributed by atoms with Crippen LogP contribution in [-0.2, 0) is 22.6 Å². The highest BCUT2D eigenvalue weighted by Gasteiger charge is 2.49. The van der Waals surface area contributed by atoms with Crippen LogP contribution in [0.15, 0.2) is 72.3 Å². The van der Waals surface area contributed by atoms with Gasteiger partial charge in [0.2, 0.25) is 18.6 Å². The number of nitrogens with two attached hydrogens (primary N) is 1. The van der Waals surface area contributed by atoms with Crippen LogP contribution < -0.4 is 20.5 Å². The molecule has 4 N–H and O–H groups in total. The quantitative estimate of drug-likeness (QED) is 0.332. The van der Waals surface area contributed by atoms with Gasteiger partial charge in [-0.25, -0.2) is 0 Å². The van der Waals surface area contributed by atoms with Gasteiger partial charge in [-0.15, -0.1) is 0 Å². The molecule has 0 spiro atoms. The van der Waals surface area contributed by atoms with E-state index in [0.29, 0.717) is 37.4 Å². The molecular formula is C32H41N3O5. The first kappa shape index (κ1) is 29.4. The molecule has 2 amide bonds. The van der Waals surface area contributed by atoms with Crippen LogP contribution in [0.1, 0.15) is 44.2 Å². The summed E-state index contributed by atoms with van der Waals surface area (Å²) in [4.78, 5) is 28.7. The number of carbonyl (C=O) groups is 2. The summed E-state index contributed by atoms with van der Waals surface area (Å²) in [6.07, 6.45) is 6.67. The van der Waals surface area contributed by atoms with Gasteiger partial charge in [0.05, 0.1) is 11.5 Å². The molecule has 1 aliphatic heterocycles. The summed E-state index contributed by atoms with van der Waals surface area (Å²) >= 11 is 0. The maximum absolute atomic E-state index is 14.4. The van der Waals surface area contributed by atoms with Gasteiger partial charge in [0, 0.05) is 37.7 Å². The van der Waals surface area contributed by atoms with E-state index in [4.69, 9.17) is 15.2 Å². The maximum atomic E-state index is 14.4. The Hall–Kier alpha value is -3.62. The van der Waals surface area contributed by atoms with Crippen molar-refractivity contribution in [3.8, 4) is 11.5 Å². The third-order valence-corrected chi connectivity index (χ3v) is 7.71. The average Bonchev–Trinajstić information content (AvgIpc) is 3.44. The Kier molecular flexibility index (Phi) is 10.0. The third kappa shape index (κ3) is 6.74. The standard InChI is InChI=1S/C32H41N3O5/c1-3-15-35(16-4-2)31(38)32(14-8-11-25(19-32)30(33)37)26(17-23-9-6-5-7-10-23)27(36)21-34-20-24-12-13-28-29(18-24)40-22-39-28/h5-14,18,26-27,34,36H,3-4,15-17,19-22H2,1-2H3,(H2,33,37)/t26-,27+,32?/m1/s1. The lowest BCUT2D eigenvalue weighted by Crippen LogP contribution is -2.54. The van der Waals surface area contributed by atoms with E-state index in [1.54, 1.807) is 12.2 Å². The molecule has 2 aromatic carbocycles. The van der Waals surface area contributed by atoms with Crippen molar-refractivity contribution in [1.82, 2.24) is 10.2 Å². The molecule has 0 fully saturated rings. The maximum Gasteiger partial charge on any atom is 0.244 e. The largest absolute Gasteiger partial charge is 0.454 e. The van der Waals surface area contributed by atoms with Gasteiger partial charge in [-0.2, -0.15) is 0 Å². The molecule has 0 aromatic heterocycles. The molecule has 3 atom stereocenters. The molecule has 4 rings (SSSR count). The number of benzene rings is 2. The van der Waals surface area contributed by atoms with Crippen molar-refractivity contribution in [1.29, 1.82) is 0 Å². The summed E-state index contributed by atoms with van der Waals surface area (Å²) in [5, 5.41) is 15.2. The molecule has 0 radical (unpaired) electrons. The molecule has 214 valence electrons. The lowest BCUT2D eigenvalue weighted by atomic mass is 9.64. The minimum atomic E-state index is -1.13. The van der Waals surface area contributed by atoms with E-state index in [2.05, 4.69) is 5.32 Å². The number of aliphatic hydroxyl groups excluding tert-OH is 1. The molecule has 0 bridgehead atoms. The topological polar surface area (TPSA) is 114 Å². The number of hydrogen-bond donors (Lipinski definition) is 3. The molecule has 1 aliphatic carbocycles. The Morgan fingerprint density at radius 2 is 1.77 bits per heavy atom. The van der Waals surface area contributed by atoms with E-state index >= 15 is 0 Å². The fourth-order valence-corrected chi connectivity index (χ4v) is 5.73. The predicted octanol–water partition coefficient (Wildman–Crippen LogP) is 3.73. The van der Waals surface area contributed by atoms with Crippen LogP contribution in [0.2, 0.25) is 0 Å². The normalized spacial score (nSPS) is 19.1. The fraction of sp³-hybridized carbons (Fsp3) is 0.438. The minimum Gasteiger partial charge on any atom is -0.454 e. The zero-order valence-corrected chi connectivity index (χ0v) is 23.5. The van der Waals surface area contributed by atoms with Gasteiger partial charge in [0.15, 0.2) is 11.5 Å². The van der Waals surface area contributed by atoms with Crippen molar-refractivity contribution in [2.45, 2.75) is 52.2 Å². The van der Waals surface area contributed by atoms with Gasteiger partial charge in [-0.3, -0.25) is 9.59 Å². The number of primary amides is 1. The lowest BCUT2D eigenvalue weighted by molar-refractivity contribution is -0.145. The highest BCUT2D eigenvalue weighted by Crippen LogP contribution is 2.44. The van der Waals surface area contributed by atoms with Gasteiger partial charge < -0.3 is 30.5 Å². The number of nitrogens with one attached hydrogen (secondary N) is 1. The van der Waals surface area contributed by atoms with E-state index in [9.17, 15) is 14.7 Å². The van der Waals surface area contributed by atoms with E-state index < -0.39 is 23.3 Å². The van der Waals surface area contributed by atoms with Crippen LogP contribution in [0.3, 0.4) is 0 Å². The predicted molar refractivity (Wildman–Crippen MR) is 155 cm³/mol. The number of aliphatic hydroxyl groups is 1. The van der Waals surface area contributed by atoms with Crippen LogP contribution in [0.5, 0.6) is 11.5 Å². The summed E-state index contributed by atoms with van der Waals surface area (Å²) in [6.45, 7) is 6.28. The molecule has 2 aliphatic rings. The Morgan fingerprint density at radius 3 is 2.48 bits per heavy atom. The van der Waals surface area contributed by atoms with E-state index in [1.807, 2.05) is 73.4 Å². The van der Waals surface area contributed by atoms with Crippen molar-refractivity contribution < 1.29 is 24.2 Å². The Morgan fingerprint density at radius 1 is 1.05 bits per heavy atom. The van der Waals surface area contributed by atoms with Crippen LogP contribution in [0.25, 0.3) is 0 Å². The van der Waals surface area contributed by atoms with Crippen molar-refractivity contribution in [3.05, 3.63) is 83.5 Å². The number of nitrogens with zero attached hydrogens (tertiary/aromatic N) is 1. The van der Waals surface area contributed by atoms with Gasteiger partial charge >= 0.3 is 0 Å². The molecule has 8 heteroatoms. The molecule has 2 aromatic rings. The first-order valence-electron chi connectivity index (χ1n) is 14.2. The van der Waals surface area contributed by atoms with Gasteiger partial charge in [-0.05, 0) is 48.9 Å². The summed E-state index contributed by atoms with van der Waals surface area (Å²) in [6, 6.07) is 15.6. The van der Waals surface area contributed by atoms with Crippen molar-refractivity contribution >= 4 is 11.8 Å². The monoisotopic (exact) mass is 547 g/mol. The lowest BCUT2D eigenvalue weighted by Gasteiger charge is -2.44. The molecule has 40 heavy (non-hydrogen) atoms. The van der Waals surface area contributed by atoms with Gasteiger partial charge in [0.1, 0.15) is 0 Å². The van der Waals surface area contributed by atoms with Crippen LogP contribution in [0, 0.1) is 11.3 Å². The van der Waals surface area contributed by atoms with Crippen molar-refractivity contribution in [2.24, 2.45) is 17.1 Å². The SMILES string of the molecule is CCCN(CCC)C(=O)C1([C@H](Cc2ccccc2)[C@@H](O)CNCc2ccc3c(c2)OCO3)C=CC=C(C(N)=O)C1. The van der Waals surface area contributed by atoms with Crippen molar-refractivity contribution in [2.75, 3.05) is 26.4 Å². The second-order valence-electron chi connectivity index (χ2n) is 10.6. The summed E-state index contributed by atoms with van der Waals surface area (Å²) in [5.74, 6) is 0.292. The highest BCUT2D eigenvalue weighted by atomic mass is 16.7. The number of fused-ring (bicyclic) bond motifs is 1. The van der Waals surface area contributed by atoms with E-state index in [1.165, 1.54) is 0 Å². The van der Waals surface area contributed by atoms with Crippen LogP contribution >= 0.6 is 0 Å². The smallest absolute Gasteiger partial charge is 0.244 e. The number of carbonyl (C=O) groups excluding carboxylic acids is 2. The zero-order chi connectivity index (χ0) is 28.5. The number of allylic oxidation sites excluding steroid dienone is 2. The van der Waals surface area contributed by atoms with E-state index in [0.717, 1.165) is 29.7 Å². The minimum absolute atomic E-state index is 0.0740. The van der Waals surface area contributed by atoms with Gasteiger partial charge in [0.25, 0.3) is 0 Å². The fourth-order valence-electron chi connectivity index (χ4n) is 5.73. The number of rotatable bonds is 14. The Bertz CT molecular complexity index is 1220. The second kappa shape index (κ2) is 13.6. The number of ether oxygens (including phenoxy) is 2. The molecule has 8 nitrogen and oxygen atoms in total. The number of amides is 2. The Labute approximate surface area is 236 Å². The molecule has 1 heterocycles. The second-order valence-corrected chi connectivity index (χ2v) is 10.6.